The zero-order chi connectivity index (χ0) is 16.4. The molecule has 0 bridgehead atoms. The van der Waals surface area contributed by atoms with Crippen LogP contribution < -0.4 is 9.92 Å². The number of hydrogen-bond donors (Lipinski definition) is 0. The molecule has 0 unspecified atom stereocenters. The minimum Gasteiger partial charge on any atom is -0.494 e. The lowest BCUT2D eigenvalue weighted by molar-refractivity contribution is -0.141. The largest absolute Gasteiger partial charge is 0.494 e. The van der Waals surface area contributed by atoms with E-state index in [1.807, 2.05) is 19.6 Å². The van der Waals surface area contributed by atoms with E-state index in [0.29, 0.717) is 5.19 Å². The molecule has 0 saturated heterocycles. The monoisotopic (exact) mass is 321 g/mol. The third kappa shape index (κ3) is 4.04. The van der Waals surface area contributed by atoms with Gasteiger partial charge in [0.1, 0.15) is 18.1 Å². The van der Waals surface area contributed by atoms with Crippen LogP contribution in [0.5, 0.6) is 5.75 Å². The maximum absolute atomic E-state index is 13.0. The summed E-state index contributed by atoms with van der Waals surface area (Å²) in [6, 6.07) is 0.981. The zero-order valence-electron chi connectivity index (χ0n) is 12.6. The van der Waals surface area contributed by atoms with Crippen LogP contribution in [0, 0.1) is 0 Å². The second kappa shape index (κ2) is 6.14. The summed E-state index contributed by atoms with van der Waals surface area (Å²) in [5.74, 6) is -0.524. The van der Waals surface area contributed by atoms with Crippen LogP contribution in [0.15, 0.2) is 6.07 Å². The summed E-state index contributed by atoms with van der Waals surface area (Å²) in [7, 11) is 0.439. The normalized spacial score (nSPS) is 12.4. The van der Waals surface area contributed by atoms with Gasteiger partial charge >= 0.3 is 6.18 Å². The Labute approximate surface area is 122 Å². The van der Waals surface area contributed by atoms with Gasteiger partial charge in [0.25, 0.3) is 0 Å². The van der Waals surface area contributed by atoms with Crippen molar-refractivity contribution in [1.82, 2.24) is 4.98 Å². The molecular weight excluding hydrogens is 303 g/mol. The Morgan fingerprint density at radius 3 is 2.24 bits per heavy atom. The Kier molecular flexibility index (Phi) is 5.16. The molecule has 0 spiro atoms. The summed E-state index contributed by atoms with van der Waals surface area (Å²) in [6.07, 6.45) is -4.62. The summed E-state index contributed by atoms with van der Waals surface area (Å²) in [5.41, 5.74) is -1.41. The first kappa shape index (κ1) is 17.6. The lowest BCUT2D eigenvalue weighted by Crippen LogP contribution is -2.41. The minimum absolute atomic E-state index is 0.115. The molecule has 21 heavy (non-hydrogen) atoms. The second-order valence-corrected chi connectivity index (χ2v) is 10.6. The van der Waals surface area contributed by atoms with Crippen LogP contribution in [0.1, 0.15) is 16.2 Å². The van der Waals surface area contributed by atoms with Gasteiger partial charge < -0.3 is 9.47 Å². The van der Waals surface area contributed by atoms with Crippen molar-refractivity contribution in [3.8, 4) is 5.75 Å². The molecule has 0 atom stereocenters. The number of nitrogens with zero attached hydrogens (tertiary/aromatic N) is 1. The standard InChI is InChI=1S/C13H18F3NO3Si/c1-19-7-8(18)11-12(20-2)9(21(3,4)5)6-10(17-11)13(14,15)16/h6H,7H2,1-5H3. The molecule has 1 aromatic rings. The number of carbonyl (C=O) groups is 1. The fourth-order valence-electron chi connectivity index (χ4n) is 1.83. The van der Waals surface area contributed by atoms with Gasteiger partial charge in [0.15, 0.2) is 5.69 Å². The van der Waals surface area contributed by atoms with Crippen molar-refractivity contribution in [2.75, 3.05) is 20.8 Å². The first-order valence-corrected chi connectivity index (χ1v) is 9.71. The number of ketones is 1. The Morgan fingerprint density at radius 2 is 1.86 bits per heavy atom. The van der Waals surface area contributed by atoms with Gasteiger partial charge in [-0.3, -0.25) is 4.79 Å². The molecule has 8 heteroatoms. The molecule has 0 amide bonds. The van der Waals surface area contributed by atoms with Crippen LogP contribution in [-0.4, -0.2) is 39.7 Å². The lowest BCUT2D eigenvalue weighted by Gasteiger charge is -2.23. The highest BCUT2D eigenvalue weighted by Gasteiger charge is 2.37. The van der Waals surface area contributed by atoms with Gasteiger partial charge in [-0.05, 0) is 11.3 Å². The van der Waals surface area contributed by atoms with Gasteiger partial charge in [0.2, 0.25) is 5.78 Å². The molecule has 0 N–H and O–H groups in total. The topological polar surface area (TPSA) is 48.4 Å². The van der Waals surface area contributed by atoms with Gasteiger partial charge in [0.05, 0.1) is 15.2 Å². The van der Waals surface area contributed by atoms with Crippen LogP contribution in [0.4, 0.5) is 13.2 Å². The minimum atomic E-state index is -4.62. The fraction of sp³-hybridized carbons (Fsp3) is 0.538. The smallest absolute Gasteiger partial charge is 0.433 e. The van der Waals surface area contributed by atoms with Gasteiger partial charge in [-0.15, -0.1) is 0 Å². The van der Waals surface area contributed by atoms with Crippen molar-refractivity contribution in [2.45, 2.75) is 25.8 Å². The molecule has 1 aromatic heterocycles. The molecule has 0 saturated carbocycles. The molecule has 0 aromatic carbocycles. The van der Waals surface area contributed by atoms with E-state index in [1.165, 1.54) is 14.2 Å². The lowest BCUT2D eigenvalue weighted by atomic mass is 10.2. The van der Waals surface area contributed by atoms with Gasteiger partial charge in [-0.1, -0.05) is 19.6 Å². The van der Waals surface area contributed by atoms with Crippen molar-refractivity contribution in [3.05, 3.63) is 17.5 Å². The summed E-state index contributed by atoms with van der Waals surface area (Å²) in [4.78, 5) is 15.4. The van der Waals surface area contributed by atoms with Gasteiger partial charge in [-0.25, -0.2) is 4.98 Å². The van der Waals surface area contributed by atoms with Crippen LogP contribution >= 0.6 is 0 Å². The highest BCUT2D eigenvalue weighted by atomic mass is 28.3. The number of aromatic nitrogens is 1. The summed E-state index contributed by atoms with van der Waals surface area (Å²) < 4.78 is 48.8. The molecule has 0 aliphatic heterocycles. The van der Waals surface area contributed by atoms with E-state index in [4.69, 9.17) is 9.47 Å². The number of methoxy groups -OCH3 is 2. The third-order valence-corrected chi connectivity index (χ3v) is 4.80. The average molecular weight is 321 g/mol. The van der Waals surface area contributed by atoms with Crippen molar-refractivity contribution >= 4 is 19.0 Å². The quantitative estimate of drug-likeness (QED) is 0.617. The van der Waals surface area contributed by atoms with Gasteiger partial charge in [-0.2, -0.15) is 13.2 Å². The van der Waals surface area contributed by atoms with E-state index in [-0.39, 0.29) is 18.1 Å². The first-order valence-electron chi connectivity index (χ1n) is 6.21. The summed E-state index contributed by atoms with van der Waals surface area (Å²) >= 11 is 0. The molecule has 0 fully saturated rings. The number of alkyl halides is 3. The molecule has 0 radical (unpaired) electrons. The average Bonchev–Trinajstić information content (AvgIpc) is 2.35. The number of ether oxygens (including phenoxy) is 2. The van der Waals surface area contributed by atoms with Crippen molar-refractivity contribution in [1.29, 1.82) is 0 Å². The van der Waals surface area contributed by atoms with E-state index in [0.717, 1.165) is 6.07 Å². The number of carbonyl (C=O) groups excluding carboxylic acids is 1. The van der Waals surface area contributed by atoms with Crippen LogP contribution in [-0.2, 0) is 10.9 Å². The molecule has 118 valence electrons. The third-order valence-electron chi connectivity index (χ3n) is 2.82. The fourth-order valence-corrected chi connectivity index (χ4v) is 3.30. The van der Waals surface area contributed by atoms with Crippen molar-refractivity contribution < 1.29 is 27.4 Å². The van der Waals surface area contributed by atoms with Crippen LogP contribution in [0.2, 0.25) is 19.6 Å². The predicted molar refractivity (Wildman–Crippen MR) is 75.0 cm³/mol. The molecule has 1 heterocycles. The predicted octanol–water partition coefficient (Wildman–Crippen LogP) is 2.48. The molecule has 0 aliphatic carbocycles. The molecule has 4 nitrogen and oxygen atoms in total. The Morgan fingerprint density at radius 1 is 1.29 bits per heavy atom. The maximum atomic E-state index is 13.0. The molecule has 0 aliphatic rings. The summed E-state index contributed by atoms with van der Waals surface area (Å²) in [6.45, 7) is 5.26. The van der Waals surface area contributed by atoms with Gasteiger partial charge in [0, 0.05) is 7.11 Å². The van der Waals surface area contributed by atoms with E-state index in [9.17, 15) is 18.0 Å². The number of Topliss-reactive ketones (excluding diaryl/α,β-unsaturated/α-hetero) is 1. The van der Waals surface area contributed by atoms with Crippen molar-refractivity contribution in [3.63, 3.8) is 0 Å². The summed E-state index contributed by atoms with van der Waals surface area (Å²) in [5, 5.41) is 0.409. The van der Waals surface area contributed by atoms with E-state index >= 15 is 0 Å². The zero-order valence-corrected chi connectivity index (χ0v) is 13.6. The van der Waals surface area contributed by atoms with E-state index in [2.05, 4.69) is 4.98 Å². The van der Waals surface area contributed by atoms with Crippen molar-refractivity contribution in [2.24, 2.45) is 0 Å². The van der Waals surface area contributed by atoms with Crippen LogP contribution in [0.25, 0.3) is 0 Å². The number of rotatable bonds is 5. The Hall–Kier alpha value is -1.41. The van der Waals surface area contributed by atoms with Crippen LogP contribution in [0.3, 0.4) is 0 Å². The number of hydrogen-bond acceptors (Lipinski definition) is 4. The Bertz CT molecular complexity index is 539. The highest BCUT2D eigenvalue weighted by Crippen LogP contribution is 2.30. The second-order valence-electron chi connectivity index (χ2n) is 5.54. The maximum Gasteiger partial charge on any atom is 0.433 e. The highest BCUT2D eigenvalue weighted by molar-refractivity contribution is 6.89. The molecular formula is C13H18F3NO3Si. The SMILES string of the molecule is COCC(=O)c1nc(C(F)(F)F)cc([Si](C)(C)C)c1OC. The molecule has 1 rings (SSSR count). The number of pyridine rings is 1. The van der Waals surface area contributed by atoms with E-state index < -0.39 is 25.7 Å². The number of halogens is 3. The Balaban J connectivity index is 3.64. The van der Waals surface area contributed by atoms with E-state index in [1.54, 1.807) is 0 Å². The first-order chi connectivity index (χ1) is 9.52.